The van der Waals surface area contributed by atoms with Crippen LogP contribution in [0, 0.1) is 11.8 Å². The maximum atomic E-state index is 1.62. The summed E-state index contributed by atoms with van der Waals surface area (Å²) in [5.41, 5.74) is 0. The fraction of sp³-hybridized carbons (Fsp3) is 1.00. The lowest BCUT2D eigenvalue weighted by Crippen LogP contribution is -2.38. The first-order valence-corrected chi connectivity index (χ1v) is 10.6. The molecule has 0 spiro atoms. The zero-order valence-corrected chi connectivity index (χ0v) is 13.3. The van der Waals surface area contributed by atoms with E-state index in [1.54, 1.807) is 77.0 Å². The molecule has 4 atom stereocenters. The van der Waals surface area contributed by atoms with E-state index in [-0.39, 0.29) is 0 Å². The van der Waals surface area contributed by atoms with Gasteiger partial charge in [0.1, 0.15) is 15.7 Å². The molecule has 4 unspecified atom stereocenters. The van der Waals surface area contributed by atoms with Crippen LogP contribution in [0.1, 0.15) is 83.5 Å². The van der Waals surface area contributed by atoms with Crippen molar-refractivity contribution in [2.45, 2.75) is 99.2 Å². The lowest BCUT2D eigenvalue weighted by atomic mass is 9.73. The molecule has 0 radical (unpaired) electrons. The van der Waals surface area contributed by atoms with Gasteiger partial charge in [-0.3, -0.25) is 0 Å². The summed E-state index contributed by atoms with van der Waals surface area (Å²) in [4.78, 5) is 0. The molecule has 4 fully saturated rings. The minimum absolute atomic E-state index is 0.853. The average molecular weight is 280 g/mol. The summed E-state index contributed by atoms with van der Waals surface area (Å²) in [6.45, 7) is 0. The molecule has 19 heavy (non-hydrogen) atoms. The second kappa shape index (κ2) is 5.62. The fourth-order valence-corrected chi connectivity index (χ4v) is 10.6. The van der Waals surface area contributed by atoms with Gasteiger partial charge in [0, 0.05) is 11.8 Å². The molecule has 0 N–H and O–H groups in total. The van der Waals surface area contributed by atoms with Gasteiger partial charge in [0.15, 0.2) is 0 Å². The van der Waals surface area contributed by atoms with Crippen LogP contribution >= 0.6 is 0 Å². The van der Waals surface area contributed by atoms with E-state index < -0.39 is 0 Å². The van der Waals surface area contributed by atoms with Crippen LogP contribution in [0.2, 0.25) is 0 Å². The van der Waals surface area contributed by atoms with Crippen LogP contribution in [0.15, 0.2) is 0 Å². The molecule has 1 aliphatic heterocycles. The van der Waals surface area contributed by atoms with Crippen molar-refractivity contribution in [2.75, 3.05) is 0 Å². The van der Waals surface area contributed by atoms with Gasteiger partial charge in [-0.25, -0.2) is 0 Å². The maximum Gasteiger partial charge on any atom is 0.122 e. The summed E-state index contributed by atoms with van der Waals surface area (Å²) >= 11 is 0. The Morgan fingerprint density at radius 3 is 1.53 bits per heavy atom. The van der Waals surface area contributed by atoms with Gasteiger partial charge in [0.25, 0.3) is 0 Å². The lowest BCUT2D eigenvalue weighted by molar-refractivity contribution is 0.231. The Bertz CT molecular complexity index is 285. The van der Waals surface area contributed by atoms with E-state index in [0.717, 1.165) is 10.9 Å². The standard InChI is InChI=1S/C18H31S/c1-2-8-14(9-3-1)19-17-12-6-4-10-15(17)16-11-5-7-13-18(16)19/h14-18H,1-13H2/q+1. The first kappa shape index (κ1) is 13.0. The largest absolute Gasteiger partial charge is 0.122 e. The molecule has 1 heteroatoms. The molecule has 3 aliphatic carbocycles. The zero-order chi connectivity index (χ0) is 12.7. The highest BCUT2D eigenvalue weighted by Gasteiger charge is 2.60. The van der Waals surface area contributed by atoms with Gasteiger partial charge in [0.05, 0.1) is 0 Å². The minimum Gasteiger partial charge on any atom is -0.0529 e. The van der Waals surface area contributed by atoms with Crippen molar-refractivity contribution in [3.05, 3.63) is 0 Å². The zero-order valence-electron chi connectivity index (χ0n) is 12.5. The highest BCUT2D eigenvalue weighted by molar-refractivity contribution is 7.98. The van der Waals surface area contributed by atoms with E-state index in [1.807, 2.05) is 0 Å². The second-order valence-electron chi connectivity index (χ2n) is 7.64. The van der Waals surface area contributed by atoms with Gasteiger partial charge < -0.3 is 0 Å². The molecule has 0 nitrogen and oxygen atoms in total. The third-order valence-electron chi connectivity index (χ3n) is 6.69. The van der Waals surface area contributed by atoms with Gasteiger partial charge in [-0.15, -0.1) is 0 Å². The van der Waals surface area contributed by atoms with Crippen LogP contribution in [-0.4, -0.2) is 15.7 Å². The number of rotatable bonds is 1. The van der Waals surface area contributed by atoms with E-state index in [4.69, 9.17) is 0 Å². The van der Waals surface area contributed by atoms with Crippen molar-refractivity contribution < 1.29 is 0 Å². The predicted octanol–water partition coefficient (Wildman–Crippen LogP) is 5.07. The first-order chi connectivity index (χ1) is 9.45. The summed E-state index contributed by atoms with van der Waals surface area (Å²) in [5.74, 6) is 2.37. The molecular formula is C18H31S+. The van der Waals surface area contributed by atoms with Gasteiger partial charge in [-0.2, -0.15) is 0 Å². The van der Waals surface area contributed by atoms with Crippen molar-refractivity contribution in [2.24, 2.45) is 11.8 Å². The van der Waals surface area contributed by atoms with Crippen LogP contribution in [0.25, 0.3) is 0 Å². The van der Waals surface area contributed by atoms with Crippen molar-refractivity contribution in [3.63, 3.8) is 0 Å². The normalized spacial score (nSPS) is 47.7. The van der Waals surface area contributed by atoms with E-state index >= 15 is 0 Å². The monoisotopic (exact) mass is 279 g/mol. The molecule has 0 bridgehead atoms. The van der Waals surface area contributed by atoms with Crippen molar-refractivity contribution in [1.29, 1.82) is 0 Å². The number of hydrogen-bond donors (Lipinski definition) is 0. The summed E-state index contributed by atoms with van der Waals surface area (Å²) in [7, 11) is 0.853. The summed E-state index contributed by atoms with van der Waals surface area (Å²) in [5, 5.41) is 3.57. The molecule has 0 aromatic heterocycles. The van der Waals surface area contributed by atoms with Crippen LogP contribution in [-0.2, 0) is 10.9 Å². The van der Waals surface area contributed by atoms with Crippen LogP contribution < -0.4 is 0 Å². The smallest absolute Gasteiger partial charge is 0.0529 e. The molecule has 0 aromatic rings. The van der Waals surface area contributed by atoms with Gasteiger partial charge in [-0.1, -0.05) is 19.3 Å². The summed E-state index contributed by atoms with van der Waals surface area (Å²) in [6, 6.07) is 0. The topological polar surface area (TPSA) is 0 Å². The van der Waals surface area contributed by atoms with E-state index in [9.17, 15) is 0 Å². The quantitative estimate of drug-likeness (QED) is 0.588. The van der Waals surface area contributed by atoms with Gasteiger partial charge in [-0.05, 0) is 75.1 Å². The van der Waals surface area contributed by atoms with Crippen molar-refractivity contribution >= 4 is 10.9 Å². The average Bonchev–Trinajstić information content (AvgIpc) is 2.83. The van der Waals surface area contributed by atoms with E-state index in [2.05, 4.69) is 0 Å². The Morgan fingerprint density at radius 2 is 0.947 bits per heavy atom. The van der Waals surface area contributed by atoms with Gasteiger partial charge >= 0.3 is 0 Å². The maximum absolute atomic E-state index is 1.62. The molecule has 0 aromatic carbocycles. The molecule has 108 valence electrons. The molecule has 1 saturated heterocycles. The highest BCUT2D eigenvalue weighted by atomic mass is 32.2. The van der Waals surface area contributed by atoms with Crippen LogP contribution in [0.3, 0.4) is 0 Å². The van der Waals surface area contributed by atoms with Crippen molar-refractivity contribution in [1.82, 2.24) is 0 Å². The molecule has 1 heterocycles. The third-order valence-corrected chi connectivity index (χ3v) is 10.5. The Balaban J connectivity index is 1.59. The lowest BCUT2D eigenvalue weighted by Gasteiger charge is -2.30. The minimum atomic E-state index is 0.853. The Kier molecular flexibility index (Phi) is 3.86. The fourth-order valence-electron chi connectivity index (χ4n) is 5.96. The Hall–Kier alpha value is 0.350. The van der Waals surface area contributed by atoms with Crippen molar-refractivity contribution in [3.8, 4) is 0 Å². The third kappa shape index (κ3) is 2.28. The van der Waals surface area contributed by atoms with Crippen LogP contribution in [0.4, 0.5) is 0 Å². The number of fused-ring (bicyclic) bond motifs is 3. The summed E-state index contributed by atoms with van der Waals surface area (Å²) < 4.78 is 0. The van der Waals surface area contributed by atoms with E-state index in [0.29, 0.717) is 0 Å². The number of hydrogen-bond acceptors (Lipinski definition) is 0. The molecule has 3 saturated carbocycles. The van der Waals surface area contributed by atoms with Crippen LogP contribution in [0.5, 0.6) is 0 Å². The summed E-state index contributed by atoms with van der Waals surface area (Å²) in [6.07, 6.45) is 20.6. The van der Waals surface area contributed by atoms with Gasteiger partial charge in [0.2, 0.25) is 0 Å². The molecule has 4 rings (SSSR count). The Labute approximate surface area is 122 Å². The molecular weight excluding hydrogens is 248 g/mol. The SMILES string of the molecule is C1CCC([S+]2C3CCCCC3C3CCCCC32)CC1. The second-order valence-corrected chi connectivity index (χ2v) is 10.3. The highest BCUT2D eigenvalue weighted by Crippen LogP contribution is 2.54. The first-order valence-electron chi connectivity index (χ1n) is 9.16. The molecule has 0 amide bonds. The Morgan fingerprint density at radius 1 is 0.474 bits per heavy atom. The predicted molar refractivity (Wildman–Crippen MR) is 85.7 cm³/mol. The molecule has 4 aliphatic rings. The van der Waals surface area contributed by atoms with E-state index in [1.165, 1.54) is 34.0 Å².